The van der Waals surface area contributed by atoms with Gasteiger partial charge in [0.05, 0.1) is 30.2 Å². The molecule has 2 aromatic heterocycles. The molecule has 0 saturated heterocycles. The van der Waals surface area contributed by atoms with E-state index in [9.17, 15) is 18.0 Å². The second kappa shape index (κ2) is 11.0. The number of anilines is 1. The van der Waals surface area contributed by atoms with Crippen LogP contribution in [0.2, 0.25) is 0 Å². The minimum absolute atomic E-state index is 0.0615. The van der Waals surface area contributed by atoms with Crippen LogP contribution in [0.25, 0.3) is 16.9 Å². The Hall–Kier alpha value is -4.25. The van der Waals surface area contributed by atoms with Crippen LogP contribution >= 0.6 is 0 Å². The molecule has 0 aliphatic carbocycles. The molecule has 1 N–H and O–H groups in total. The molecule has 0 bridgehead atoms. The van der Waals surface area contributed by atoms with E-state index < -0.39 is 17.6 Å². The smallest absolute Gasteiger partial charge is 0.416 e. The van der Waals surface area contributed by atoms with E-state index in [4.69, 9.17) is 4.74 Å². The molecular weight excluding hydrogens is 497 g/mol. The number of carbonyl (C=O) groups excluding carboxylic acids is 1. The predicted molar refractivity (Wildman–Crippen MR) is 137 cm³/mol. The molecule has 0 saturated carbocycles. The van der Waals surface area contributed by atoms with E-state index in [1.54, 1.807) is 49.9 Å². The van der Waals surface area contributed by atoms with E-state index in [0.717, 1.165) is 23.3 Å². The van der Waals surface area contributed by atoms with Gasteiger partial charge in [0.25, 0.3) is 5.91 Å². The van der Waals surface area contributed by atoms with Gasteiger partial charge in [0.15, 0.2) is 0 Å². The highest BCUT2D eigenvalue weighted by Crippen LogP contribution is 2.38. The van der Waals surface area contributed by atoms with Gasteiger partial charge < -0.3 is 15.0 Å². The van der Waals surface area contributed by atoms with Crippen LogP contribution in [0, 0.1) is 6.92 Å². The average Bonchev–Trinajstić information content (AvgIpc) is 3.39. The van der Waals surface area contributed by atoms with Crippen molar-refractivity contribution in [3.05, 3.63) is 83.3 Å². The molecule has 11 heteroatoms. The number of nitrogens with one attached hydrogen (secondary N) is 1. The Balaban J connectivity index is 1.68. The van der Waals surface area contributed by atoms with Crippen molar-refractivity contribution in [2.75, 3.05) is 26.0 Å². The first-order chi connectivity index (χ1) is 18.1. The van der Waals surface area contributed by atoms with E-state index in [1.165, 1.54) is 11.8 Å². The predicted octanol–water partition coefficient (Wildman–Crippen LogP) is 5.37. The van der Waals surface area contributed by atoms with Crippen molar-refractivity contribution in [2.24, 2.45) is 0 Å². The fourth-order valence-electron chi connectivity index (χ4n) is 3.93. The molecule has 4 aromatic rings. The average molecular weight is 525 g/mol. The summed E-state index contributed by atoms with van der Waals surface area (Å²) in [7, 11) is 3.15. The summed E-state index contributed by atoms with van der Waals surface area (Å²) in [6, 6.07) is 10.5. The van der Waals surface area contributed by atoms with Gasteiger partial charge in [-0.15, -0.1) is 5.10 Å². The molecule has 2 aromatic carbocycles. The third-order valence-electron chi connectivity index (χ3n) is 6.09. The van der Waals surface area contributed by atoms with Gasteiger partial charge in [-0.1, -0.05) is 18.2 Å². The first-order valence-electron chi connectivity index (χ1n) is 11.8. The summed E-state index contributed by atoms with van der Waals surface area (Å²) < 4.78 is 48.0. The van der Waals surface area contributed by atoms with Crippen LogP contribution in [0.15, 0.2) is 61.1 Å². The summed E-state index contributed by atoms with van der Waals surface area (Å²) in [5.74, 6) is -0.414. The highest BCUT2D eigenvalue weighted by atomic mass is 19.4. The quantitative estimate of drug-likeness (QED) is 0.334. The summed E-state index contributed by atoms with van der Waals surface area (Å²) >= 11 is 0. The van der Waals surface area contributed by atoms with Crippen LogP contribution in [-0.2, 0) is 12.7 Å². The minimum Gasteiger partial charge on any atom is -0.494 e. The SMILES string of the molecule is CCN(C)Cc1cc(C(F)(F)F)cc(NC(=O)c2ccc(C)c(-n3cc(-c4cccnc4)nn3)c2)c1OC. The fourth-order valence-corrected chi connectivity index (χ4v) is 3.93. The van der Waals surface area contributed by atoms with Crippen LogP contribution in [0.3, 0.4) is 0 Å². The number of methoxy groups -OCH3 is 1. The molecule has 1 amide bonds. The number of ether oxygens (including phenoxy) is 1. The number of amides is 1. The van der Waals surface area contributed by atoms with Crippen molar-refractivity contribution in [2.45, 2.75) is 26.6 Å². The van der Waals surface area contributed by atoms with Crippen molar-refractivity contribution in [1.82, 2.24) is 24.9 Å². The molecule has 0 aliphatic rings. The van der Waals surface area contributed by atoms with Crippen LogP contribution in [0.5, 0.6) is 5.75 Å². The van der Waals surface area contributed by atoms with Gasteiger partial charge in [-0.25, -0.2) is 4.68 Å². The maximum absolute atomic E-state index is 13.7. The Morgan fingerprint density at radius 2 is 1.97 bits per heavy atom. The van der Waals surface area contributed by atoms with Crippen molar-refractivity contribution < 1.29 is 22.7 Å². The van der Waals surface area contributed by atoms with E-state index in [1.807, 2.05) is 24.8 Å². The number of carbonyl (C=O) groups is 1. The van der Waals surface area contributed by atoms with Gasteiger partial charge in [0.1, 0.15) is 11.4 Å². The minimum atomic E-state index is -4.60. The molecule has 4 rings (SSSR count). The summed E-state index contributed by atoms with van der Waals surface area (Å²) in [4.78, 5) is 19.2. The Morgan fingerprint density at radius 1 is 1.18 bits per heavy atom. The molecule has 0 spiro atoms. The van der Waals surface area contributed by atoms with Gasteiger partial charge in [-0.2, -0.15) is 13.2 Å². The number of hydrogen-bond donors (Lipinski definition) is 1. The number of aromatic nitrogens is 4. The maximum Gasteiger partial charge on any atom is 0.416 e. The molecular formula is C27H27F3N6O2. The molecule has 0 fully saturated rings. The van der Waals surface area contributed by atoms with Gasteiger partial charge in [-0.3, -0.25) is 9.78 Å². The van der Waals surface area contributed by atoms with Gasteiger partial charge in [0, 0.05) is 35.6 Å². The lowest BCUT2D eigenvalue weighted by Gasteiger charge is -2.21. The highest BCUT2D eigenvalue weighted by Gasteiger charge is 2.33. The molecule has 0 atom stereocenters. The lowest BCUT2D eigenvalue weighted by molar-refractivity contribution is -0.137. The molecule has 2 heterocycles. The summed E-state index contributed by atoms with van der Waals surface area (Å²) in [6.45, 7) is 4.59. The van der Waals surface area contributed by atoms with Crippen molar-refractivity contribution in [1.29, 1.82) is 0 Å². The zero-order chi connectivity index (χ0) is 27.4. The summed E-state index contributed by atoms with van der Waals surface area (Å²) in [5.41, 5.74) is 2.43. The normalized spacial score (nSPS) is 11.6. The number of rotatable bonds is 8. The third kappa shape index (κ3) is 5.83. The second-order valence-corrected chi connectivity index (χ2v) is 8.79. The number of pyridine rings is 1. The zero-order valence-electron chi connectivity index (χ0n) is 21.4. The Labute approximate surface area is 218 Å². The number of aryl methyl sites for hydroxylation is 1. The molecule has 0 aliphatic heterocycles. The van der Waals surface area contributed by atoms with Crippen molar-refractivity contribution in [3.8, 4) is 22.7 Å². The highest BCUT2D eigenvalue weighted by molar-refractivity contribution is 6.05. The Bertz CT molecular complexity index is 1440. The lowest BCUT2D eigenvalue weighted by atomic mass is 10.1. The van der Waals surface area contributed by atoms with Crippen LogP contribution in [0.4, 0.5) is 18.9 Å². The molecule has 38 heavy (non-hydrogen) atoms. The van der Waals surface area contributed by atoms with Gasteiger partial charge in [-0.05, 0) is 62.5 Å². The Morgan fingerprint density at radius 3 is 2.63 bits per heavy atom. The number of nitrogens with zero attached hydrogens (tertiary/aromatic N) is 5. The number of alkyl halides is 3. The lowest BCUT2D eigenvalue weighted by Crippen LogP contribution is -2.20. The van der Waals surface area contributed by atoms with Crippen LogP contribution in [0.1, 0.15) is 34.0 Å². The number of benzene rings is 2. The zero-order valence-corrected chi connectivity index (χ0v) is 21.4. The van der Waals surface area contributed by atoms with Gasteiger partial charge in [0.2, 0.25) is 0 Å². The fraction of sp³-hybridized carbons (Fsp3) is 0.259. The molecule has 198 valence electrons. The Kier molecular flexibility index (Phi) is 7.77. The first-order valence-corrected chi connectivity index (χ1v) is 11.8. The first kappa shape index (κ1) is 26.8. The van der Waals surface area contributed by atoms with E-state index in [-0.39, 0.29) is 23.5 Å². The largest absolute Gasteiger partial charge is 0.494 e. The standard InChI is InChI=1S/C27H27F3N6O2/c1-5-35(3)15-20-11-21(27(28,29)30)13-22(25(20)38-4)32-26(37)18-9-8-17(2)24(12-18)36-16-23(33-34-36)19-7-6-10-31-14-19/h6-14,16H,5,15H2,1-4H3,(H,32,37). The van der Waals surface area contributed by atoms with Gasteiger partial charge >= 0.3 is 6.18 Å². The molecule has 0 radical (unpaired) electrons. The van der Waals surface area contributed by atoms with E-state index in [0.29, 0.717) is 23.5 Å². The van der Waals surface area contributed by atoms with E-state index in [2.05, 4.69) is 20.6 Å². The monoisotopic (exact) mass is 524 g/mol. The maximum atomic E-state index is 13.7. The number of halogens is 3. The molecule has 8 nitrogen and oxygen atoms in total. The summed E-state index contributed by atoms with van der Waals surface area (Å²) in [5, 5.41) is 11.0. The van der Waals surface area contributed by atoms with Crippen LogP contribution < -0.4 is 10.1 Å². The third-order valence-corrected chi connectivity index (χ3v) is 6.09. The number of hydrogen-bond acceptors (Lipinski definition) is 6. The topological polar surface area (TPSA) is 85.2 Å². The van der Waals surface area contributed by atoms with Crippen LogP contribution in [-0.4, -0.2) is 51.5 Å². The van der Waals surface area contributed by atoms with E-state index >= 15 is 0 Å². The molecule has 0 unspecified atom stereocenters. The van der Waals surface area contributed by atoms with Crippen molar-refractivity contribution >= 4 is 11.6 Å². The summed E-state index contributed by atoms with van der Waals surface area (Å²) in [6.07, 6.45) is 0.444. The van der Waals surface area contributed by atoms with Crippen molar-refractivity contribution in [3.63, 3.8) is 0 Å². The second-order valence-electron chi connectivity index (χ2n) is 8.79.